The topological polar surface area (TPSA) is 89.8 Å². The summed E-state index contributed by atoms with van der Waals surface area (Å²) in [6.45, 7) is 4.11. The van der Waals surface area contributed by atoms with Crippen LogP contribution in [0.4, 0.5) is 0 Å². The van der Waals surface area contributed by atoms with Gasteiger partial charge in [0.15, 0.2) is 0 Å². The van der Waals surface area contributed by atoms with Crippen molar-refractivity contribution in [2.75, 3.05) is 6.61 Å². The minimum Gasteiger partial charge on any atom is -0.394 e. The largest absolute Gasteiger partial charge is 0.394 e. The highest BCUT2D eigenvalue weighted by Crippen LogP contribution is 2.13. The lowest BCUT2D eigenvalue weighted by atomic mass is 10.0. The Bertz CT molecular complexity index is 645. The molecule has 0 saturated heterocycles. The quantitative estimate of drug-likeness (QED) is 0.0507. The van der Waals surface area contributed by atoms with Crippen LogP contribution in [0.25, 0.3) is 0 Å². The number of hydrogen-bond acceptors (Lipinski definition) is 4. The van der Waals surface area contributed by atoms with Crippen molar-refractivity contribution in [3.05, 3.63) is 36.5 Å². The molecule has 0 spiro atoms. The smallest absolute Gasteiger partial charge is 0.222 e. The van der Waals surface area contributed by atoms with E-state index in [1.165, 1.54) is 89.9 Å². The molecule has 3 unspecified atom stereocenters. The number of hydrogen-bond donors (Lipinski definition) is 4. The molecule has 0 saturated carbocycles. The second kappa shape index (κ2) is 31.5. The number of aliphatic hydroxyl groups excluding tert-OH is 3. The van der Waals surface area contributed by atoms with Crippen LogP contribution in [0.5, 0.6) is 0 Å². The van der Waals surface area contributed by atoms with Gasteiger partial charge in [0.05, 0.1) is 31.3 Å². The van der Waals surface area contributed by atoms with Gasteiger partial charge in [0, 0.05) is 0 Å². The molecule has 5 heteroatoms. The van der Waals surface area contributed by atoms with Gasteiger partial charge in [-0.15, -0.1) is 0 Å². The van der Waals surface area contributed by atoms with E-state index in [9.17, 15) is 20.1 Å². The molecule has 0 fully saturated rings. The Kier molecular flexibility index (Phi) is 30.4. The van der Waals surface area contributed by atoms with Crippen molar-refractivity contribution in [1.29, 1.82) is 0 Å². The van der Waals surface area contributed by atoms with E-state index in [0.717, 1.165) is 44.9 Å². The van der Waals surface area contributed by atoms with Crippen molar-refractivity contribution in [2.45, 2.75) is 180 Å². The molecule has 0 aliphatic heterocycles. The Balaban J connectivity index is 3.81. The molecule has 240 valence electrons. The number of nitrogens with one attached hydrogen (secondary N) is 1. The maximum Gasteiger partial charge on any atom is 0.222 e. The molecule has 41 heavy (non-hydrogen) atoms. The first kappa shape index (κ1) is 39.6. The van der Waals surface area contributed by atoms with Crippen molar-refractivity contribution in [3.8, 4) is 0 Å². The van der Waals surface area contributed by atoms with E-state index in [2.05, 4.69) is 43.5 Å². The zero-order valence-electron chi connectivity index (χ0n) is 26.9. The molecule has 0 aromatic carbocycles. The minimum absolute atomic E-state index is 0.0107. The Morgan fingerprint density at radius 1 is 0.610 bits per heavy atom. The zero-order chi connectivity index (χ0) is 30.2. The van der Waals surface area contributed by atoms with Gasteiger partial charge in [-0.3, -0.25) is 4.79 Å². The summed E-state index contributed by atoms with van der Waals surface area (Å²) in [5.74, 6) is -0.343. The van der Waals surface area contributed by atoms with Gasteiger partial charge in [-0.2, -0.15) is 0 Å². The Hall–Kier alpha value is -1.43. The summed E-state index contributed by atoms with van der Waals surface area (Å²) in [5, 5.41) is 32.8. The van der Waals surface area contributed by atoms with E-state index in [1.54, 1.807) is 6.08 Å². The molecule has 0 aromatic rings. The van der Waals surface area contributed by atoms with Crippen LogP contribution in [0.1, 0.15) is 162 Å². The van der Waals surface area contributed by atoms with Crippen molar-refractivity contribution < 1.29 is 20.1 Å². The van der Waals surface area contributed by atoms with E-state index in [-0.39, 0.29) is 18.9 Å². The van der Waals surface area contributed by atoms with Gasteiger partial charge >= 0.3 is 0 Å². The van der Waals surface area contributed by atoms with Gasteiger partial charge in [-0.1, -0.05) is 140 Å². The third kappa shape index (κ3) is 28.5. The standard InChI is InChI=1S/C36H67NO4/c1-3-5-7-9-11-13-14-15-16-17-18-19-20-21-22-24-26-28-30-35(40)34(32-38)37-36(41)31-33(39)29-27-25-23-12-10-8-6-4-2/h10,12,21-22,28,30,33-35,38-40H,3-9,11,13-20,23-27,29,31-32H2,1-2H3,(H,37,41)/b12-10-,22-21+,30-28+. The fraction of sp³-hybridized carbons (Fsp3) is 0.806. The van der Waals surface area contributed by atoms with Crippen LogP contribution in [0.3, 0.4) is 0 Å². The molecule has 1 amide bonds. The van der Waals surface area contributed by atoms with E-state index >= 15 is 0 Å². The number of unbranched alkanes of at least 4 members (excludes halogenated alkanes) is 17. The molecular weight excluding hydrogens is 510 g/mol. The highest BCUT2D eigenvalue weighted by Gasteiger charge is 2.19. The monoisotopic (exact) mass is 578 g/mol. The molecule has 4 N–H and O–H groups in total. The fourth-order valence-electron chi connectivity index (χ4n) is 4.92. The number of amides is 1. The summed E-state index contributed by atoms with van der Waals surface area (Å²) in [6, 6.07) is -0.763. The molecule has 0 aliphatic carbocycles. The average Bonchev–Trinajstić information content (AvgIpc) is 2.96. The van der Waals surface area contributed by atoms with Crippen molar-refractivity contribution in [3.63, 3.8) is 0 Å². The summed E-state index contributed by atoms with van der Waals surface area (Å²) >= 11 is 0. The Morgan fingerprint density at radius 2 is 1.07 bits per heavy atom. The lowest BCUT2D eigenvalue weighted by Gasteiger charge is -2.20. The second-order valence-corrected chi connectivity index (χ2v) is 11.8. The Morgan fingerprint density at radius 3 is 1.63 bits per heavy atom. The van der Waals surface area contributed by atoms with Crippen LogP contribution in [0.2, 0.25) is 0 Å². The van der Waals surface area contributed by atoms with Crippen LogP contribution < -0.4 is 5.32 Å². The van der Waals surface area contributed by atoms with Crippen LogP contribution in [-0.2, 0) is 4.79 Å². The maximum absolute atomic E-state index is 12.3. The first-order valence-electron chi connectivity index (χ1n) is 17.3. The van der Waals surface area contributed by atoms with Crippen molar-refractivity contribution >= 4 is 5.91 Å². The SMILES string of the molecule is CCCC/C=C\CCCCC(O)CC(=O)NC(CO)C(O)/C=C/CC/C=C/CCCCCCCCCCCCCC. The van der Waals surface area contributed by atoms with Gasteiger partial charge in [0.25, 0.3) is 0 Å². The van der Waals surface area contributed by atoms with Gasteiger partial charge in [0.2, 0.25) is 5.91 Å². The summed E-state index contributed by atoms with van der Waals surface area (Å²) in [6.07, 6.45) is 37.1. The molecule has 0 heterocycles. The number of rotatable bonds is 30. The van der Waals surface area contributed by atoms with Gasteiger partial charge in [0.1, 0.15) is 0 Å². The number of carbonyl (C=O) groups is 1. The summed E-state index contributed by atoms with van der Waals surface area (Å²) in [5.41, 5.74) is 0. The molecular formula is C36H67NO4. The van der Waals surface area contributed by atoms with Gasteiger partial charge in [-0.25, -0.2) is 0 Å². The predicted molar refractivity (Wildman–Crippen MR) is 176 cm³/mol. The molecule has 0 aromatic heterocycles. The minimum atomic E-state index is -0.953. The summed E-state index contributed by atoms with van der Waals surface area (Å²) in [4.78, 5) is 12.3. The third-order valence-electron chi connectivity index (χ3n) is 7.65. The number of carbonyl (C=O) groups excluding carboxylic acids is 1. The average molecular weight is 578 g/mol. The van der Waals surface area contributed by atoms with E-state index < -0.39 is 18.2 Å². The first-order valence-corrected chi connectivity index (χ1v) is 17.3. The van der Waals surface area contributed by atoms with Gasteiger partial charge < -0.3 is 20.6 Å². The van der Waals surface area contributed by atoms with Crippen molar-refractivity contribution in [1.82, 2.24) is 5.32 Å². The second-order valence-electron chi connectivity index (χ2n) is 11.8. The Labute approximate surface area is 254 Å². The lowest BCUT2D eigenvalue weighted by molar-refractivity contribution is -0.124. The molecule has 5 nitrogen and oxygen atoms in total. The van der Waals surface area contributed by atoms with E-state index in [0.29, 0.717) is 6.42 Å². The van der Waals surface area contributed by atoms with Crippen LogP contribution in [-0.4, -0.2) is 46.1 Å². The highest BCUT2D eigenvalue weighted by atomic mass is 16.3. The van der Waals surface area contributed by atoms with Crippen LogP contribution in [0.15, 0.2) is 36.5 Å². The highest BCUT2D eigenvalue weighted by molar-refractivity contribution is 5.76. The van der Waals surface area contributed by atoms with Crippen LogP contribution in [0, 0.1) is 0 Å². The number of allylic oxidation sites excluding steroid dienone is 5. The predicted octanol–water partition coefficient (Wildman–Crippen LogP) is 8.87. The van der Waals surface area contributed by atoms with Crippen molar-refractivity contribution in [2.24, 2.45) is 0 Å². The third-order valence-corrected chi connectivity index (χ3v) is 7.65. The van der Waals surface area contributed by atoms with Gasteiger partial charge in [-0.05, 0) is 51.4 Å². The number of aliphatic hydroxyl groups is 3. The molecule has 0 bridgehead atoms. The van der Waals surface area contributed by atoms with Crippen LogP contribution >= 0.6 is 0 Å². The maximum atomic E-state index is 12.3. The molecule has 0 radical (unpaired) electrons. The molecule has 0 aliphatic rings. The van der Waals surface area contributed by atoms with E-state index in [4.69, 9.17) is 0 Å². The lowest BCUT2D eigenvalue weighted by Crippen LogP contribution is -2.45. The first-order chi connectivity index (χ1) is 20.0. The fourth-order valence-corrected chi connectivity index (χ4v) is 4.92. The van der Waals surface area contributed by atoms with E-state index in [1.807, 2.05) is 6.08 Å². The molecule has 0 rings (SSSR count). The summed E-state index contributed by atoms with van der Waals surface area (Å²) in [7, 11) is 0. The summed E-state index contributed by atoms with van der Waals surface area (Å²) < 4.78 is 0. The normalized spacial score (nSPS) is 14.4. The molecule has 3 atom stereocenters. The zero-order valence-corrected chi connectivity index (χ0v) is 26.9.